The Balaban J connectivity index is 3.09. The fraction of sp³-hybridized carbons (Fsp3) is 0.364. The van der Waals surface area contributed by atoms with Crippen LogP contribution >= 0.6 is 0 Å². The topological polar surface area (TPSA) is 73.5 Å². The smallest absolute Gasteiger partial charge is 0.487 e. The molecular formula is C11H14BNO3. The Morgan fingerprint density at radius 2 is 1.94 bits per heavy atom. The maximum absolute atomic E-state index is 8.97. The summed E-state index contributed by atoms with van der Waals surface area (Å²) in [5, 5.41) is 26.9. The molecular weight excluding hydrogens is 205 g/mol. The molecule has 0 bridgehead atoms. The van der Waals surface area contributed by atoms with Crippen molar-refractivity contribution < 1.29 is 14.8 Å². The van der Waals surface area contributed by atoms with Gasteiger partial charge in [0.25, 0.3) is 0 Å². The van der Waals surface area contributed by atoms with Gasteiger partial charge in [0.15, 0.2) is 0 Å². The van der Waals surface area contributed by atoms with E-state index in [1.165, 1.54) is 12.1 Å². The summed E-state index contributed by atoms with van der Waals surface area (Å²) in [7, 11) is -1.57. The minimum absolute atomic E-state index is 0.276. The predicted octanol–water partition coefficient (Wildman–Crippen LogP) is 0.415. The molecule has 5 heteroatoms. The highest BCUT2D eigenvalue weighted by Gasteiger charge is 2.17. The highest BCUT2D eigenvalue weighted by atomic mass is 16.5. The first kappa shape index (κ1) is 12.6. The number of nitrogens with zero attached hydrogens (tertiary/aromatic N) is 1. The van der Waals surface area contributed by atoms with Crippen molar-refractivity contribution in [3.63, 3.8) is 0 Å². The van der Waals surface area contributed by atoms with Crippen molar-refractivity contribution >= 4 is 12.6 Å². The molecule has 0 saturated carbocycles. The summed E-state index contributed by atoms with van der Waals surface area (Å²) in [6, 6.07) is 6.46. The lowest BCUT2D eigenvalue weighted by Gasteiger charge is -2.22. The van der Waals surface area contributed by atoms with E-state index in [1.807, 2.05) is 26.8 Å². The lowest BCUT2D eigenvalue weighted by Crippen LogP contribution is -2.30. The van der Waals surface area contributed by atoms with Crippen LogP contribution in [0.15, 0.2) is 18.2 Å². The third kappa shape index (κ3) is 3.26. The van der Waals surface area contributed by atoms with Crippen molar-refractivity contribution in [2.75, 3.05) is 0 Å². The molecule has 0 unspecified atom stereocenters. The molecule has 0 saturated heterocycles. The quantitative estimate of drug-likeness (QED) is 0.706. The van der Waals surface area contributed by atoms with Crippen molar-refractivity contribution in [2.45, 2.75) is 26.4 Å². The van der Waals surface area contributed by atoms with E-state index < -0.39 is 12.7 Å². The van der Waals surface area contributed by atoms with Gasteiger partial charge in [0, 0.05) is 0 Å². The average Bonchev–Trinajstić information content (AvgIpc) is 2.15. The molecule has 0 spiro atoms. The fourth-order valence-corrected chi connectivity index (χ4v) is 1.21. The van der Waals surface area contributed by atoms with Crippen molar-refractivity contribution in [1.82, 2.24) is 0 Å². The Morgan fingerprint density at radius 3 is 2.38 bits per heavy atom. The maximum atomic E-state index is 8.97. The summed E-state index contributed by atoms with van der Waals surface area (Å²) in [6.45, 7) is 5.63. The zero-order valence-electron chi connectivity index (χ0n) is 9.56. The molecule has 1 aromatic rings. The van der Waals surface area contributed by atoms with E-state index in [2.05, 4.69) is 0 Å². The van der Waals surface area contributed by atoms with Gasteiger partial charge < -0.3 is 14.8 Å². The van der Waals surface area contributed by atoms with Gasteiger partial charge in [-0.1, -0.05) is 6.07 Å². The number of hydrogen-bond donors (Lipinski definition) is 2. The number of hydrogen-bond acceptors (Lipinski definition) is 4. The molecule has 0 amide bonds. The molecule has 0 aliphatic heterocycles. The lowest BCUT2D eigenvalue weighted by atomic mass is 9.79. The SMILES string of the molecule is CC(C)(C)Oc1ccc(B(O)O)cc1C#N. The molecule has 0 fully saturated rings. The van der Waals surface area contributed by atoms with E-state index in [-0.39, 0.29) is 5.46 Å². The monoisotopic (exact) mass is 219 g/mol. The molecule has 4 nitrogen and oxygen atoms in total. The van der Waals surface area contributed by atoms with Crippen LogP contribution in [0.3, 0.4) is 0 Å². The lowest BCUT2D eigenvalue weighted by molar-refractivity contribution is 0.130. The first-order valence-corrected chi connectivity index (χ1v) is 4.92. The van der Waals surface area contributed by atoms with Crippen LogP contribution in [0.25, 0.3) is 0 Å². The van der Waals surface area contributed by atoms with Crippen molar-refractivity contribution in [3.05, 3.63) is 23.8 Å². The zero-order valence-corrected chi connectivity index (χ0v) is 9.56. The zero-order chi connectivity index (χ0) is 12.3. The molecule has 0 heterocycles. The minimum atomic E-state index is -1.57. The molecule has 16 heavy (non-hydrogen) atoms. The highest BCUT2D eigenvalue weighted by molar-refractivity contribution is 6.58. The van der Waals surface area contributed by atoms with E-state index in [1.54, 1.807) is 6.07 Å². The molecule has 0 radical (unpaired) electrons. The van der Waals surface area contributed by atoms with Gasteiger partial charge in [-0.25, -0.2) is 0 Å². The number of ether oxygens (including phenoxy) is 1. The molecule has 0 atom stereocenters. The Hall–Kier alpha value is -1.51. The Labute approximate surface area is 95.2 Å². The summed E-state index contributed by atoms with van der Waals surface area (Å²) in [4.78, 5) is 0. The van der Waals surface area contributed by atoms with Crippen LogP contribution < -0.4 is 10.2 Å². The van der Waals surface area contributed by atoms with Gasteiger partial charge in [-0.2, -0.15) is 5.26 Å². The van der Waals surface area contributed by atoms with Gasteiger partial charge in [-0.3, -0.25) is 0 Å². The Kier molecular flexibility index (Phi) is 3.58. The van der Waals surface area contributed by atoms with Crippen LogP contribution in [0.4, 0.5) is 0 Å². The summed E-state index contributed by atoms with van der Waals surface area (Å²) >= 11 is 0. The van der Waals surface area contributed by atoms with Crippen LogP contribution in [0.1, 0.15) is 26.3 Å². The van der Waals surface area contributed by atoms with Crippen LogP contribution in [-0.4, -0.2) is 22.8 Å². The first-order chi connectivity index (χ1) is 7.33. The second-order valence-electron chi connectivity index (χ2n) is 4.46. The maximum Gasteiger partial charge on any atom is 0.488 e. The minimum Gasteiger partial charge on any atom is -0.487 e. The molecule has 1 aromatic carbocycles. The third-order valence-corrected chi connectivity index (χ3v) is 1.84. The van der Waals surface area contributed by atoms with Gasteiger partial charge in [-0.05, 0) is 38.4 Å². The van der Waals surface area contributed by atoms with Gasteiger partial charge in [0.05, 0.1) is 5.56 Å². The summed E-state index contributed by atoms with van der Waals surface area (Å²) in [6.07, 6.45) is 0. The summed E-state index contributed by atoms with van der Waals surface area (Å²) in [5.74, 6) is 0.444. The van der Waals surface area contributed by atoms with Crippen molar-refractivity contribution in [3.8, 4) is 11.8 Å². The van der Waals surface area contributed by atoms with Gasteiger partial charge >= 0.3 is 7.12 Å². The third-order valence-electron chi connectivity index (χ3n) is 1.84. The van der Waals surface area contributed by atoms with Crippen molar-refractivity contribution in [2.24, 2.45) is 0 Å². The summed E-state index contributed by atoms with van der Waals surface area (Å²) < 4.78 is 5.57. The number of rotatable bonds is 2. The normalized spacial score (nSPS) is 10.8. The fourth-order valence-electron chi connectivity index (χ4n) is 1.21. The molecule has 84 valence electrons. The van der Waals surface area contributed by atoms with E-state index in [0.717, 1.165) is 0 Å². The standard InChI is InChI=1S/C11H14BNO3/c1-11(2,3)16-10-5-4-9(12(14)15)6-8(10)7-13/h4-6,14-15H,1-3H3. The highest BCUT2D eigenvalue weighted by Crippen LogP contribution is 2.21. The second kappa shape index (κ2) is 4.56. The molecule has 0 aliphatic rings. The Bertz CT molecular complexity index is 418. The van der Waals surface area contributed by atoms with Gasteiger partial charge in [0.2, 0.25) is 0 Å². The molecule has 0 aromatic heterocycles. The molecule has 2 N–H and O–H groups in total. The summed E-state index contributed by atoms with van der Waals surface area (Å²) in [5.41, 5.74) is 0.170. The van der Waals surface area contributed by atoms with Crippen LogP contribution in [0.5, 0.6) is 5.75 Å². The Morgan fingerprint density at radius 1 is 1.31 bits per heavy atom. The van der Waals surface area contributed by atoms with Crippen LogP contribution in [0, 0.1) is 11.3 Å². The van der Waals surface area contributed by atoms with Crippen LogP contribution in [-0.2, 0) is 0 Å². The number of nitriles is 1. The molecule has 1 rings (SSSR count). The van der Waals surface area contributed by atoms with Crippen molar-refractivity contribution in [1.29, 1.82) is 5.26 Å². The van der Waals surface area contributed by atoms with E-state index in [0.29, 0.717) is 11.3 Å². The van der Waals surface area contributed by atoms with E-state index >= 15 is 0 Å². The van der Waals surface area contributed by atoms with E-state index in [4.69, 9.17) is 20.0 Å². The largest absolute Gasteiger partial charge is 0.488 e. The first-order valence-electron chi connectivity index (χ1n) is 4.92. The average molecular weight is 219 g/mol. The van der Waals surface area contributed by atoms with Crippen LogP contribution in [0.2, 0.25) is 0 Å². The number of benzene rings is 1. The van der Waals surface area contributed by atoms with Gasteiger partial charge in [0.1, 0.15) is 17.4 Å². The predicted molar refractivity (Wildman–Crippen MR) is 61.4 cm³/mol. The second-order valence-corrected chi connectivity index (χ2v) is 4.46. The molecule has 0 aliphatic carbocycles. The van der Waals surface area contributed by atoms with E-state index in [9.17, 15) is 0 Å². The van der Waals surface area contributed by atoms with Gasteiger partial charge in [-0.15, -0.1) is 0 Å².